The zero-order valence-corrected chi connectivity index (χ0v) is 14.2. The summed E-state index contributed by atoms with van der Waals surface area (Å²) < 4.78 is 0. The van der Waals surface area contributed by atoms with E-state index in [1.54, 1.807) is 0 Å². The van der Waals surface area contributed by atoms with Gasteiger partial charge in [-0.15, -0.1) is 12.4 Å². The molecule has 0 aromatic carbocycles. The van der Waals surface area contributed by atoms with Gasteiger partial charge in [0.2, 0.25) is 11.8 Å². The maximum atomic E-state index is 11.8. The number of carbonyl (C=O) groups excluding carboxylic acids is 2. The Bertz CT molecular complexity index is 340. The first kappa shape index (κ1) is 19.2. The molecule has 6 heteroatoms. The van der Waals surface area contributed by atoms with Crippen molar-refractivity contribution in [2.45, 2.75) is 63.8 Å². The highest BCUT2D eigenvalue weighted by molar-refractivity contribution is 5.85. The van der Waals surface area contributed by atoms with Gasteiger partial charge in [0.15, 0.2) is 0 Å². The van der Waals surface area contributed by atoms with Gasteiger partial charge < -0.3 is 16.0 Å². The fraction of sp³-hybridized carbons (Fsp3) is 0.875. The minimum Gasteiger partial charge on any atom is -0.356 e. The highest BCUT2D eigenvalue weighted by Gasteiger charge is 2.17. The standard InChI is InChI=1S/C16H29N3O2.ClH/c20-15(7-6-13-8-10-17-12-13)18-11-9-16(21)19-14-4-2-1-3-5-14;/h13-14,17H,1-12H2,(H,18,20)(H,19,21);1H. The number of carbonyl (C=O) groups is 2. The molecule has 1 aliphatic heterocycles. The quantitative estimate of drug-likeness (QED) is 0.665. The molecule has 3 N–H and O–H groups in total. The van der Waals surface area contributed by atoms with Crippen LogP contribution < -0.4 is 16.0 Å². The predicted octanol–water partition coefficient (Wildman–Crippen LogP) is 1.75. The average molecular weight is 332 g/mol. The second-order valence-electron chi connectivity index (χ2n) is 6.40. The van der Waals surface area contributed by atoms with E-state index < -0.39 is 0 Å². The lowest BCUT2D eigenvalue weighted by Gasteiger charge is -2.22. The van der Waals surface area contributed by atoms with E-state index in [0.717, 1.165) is 32.4 Å². The van der Waals surface area contributed by atoms with Crippen LogP contribution in [-0.2, 0) is 9.59 Å². The summed E-state index contributed by atoms with van der Waals surface area (Å²) in [5.41, 5.74) is 0. The van der Waals surface area contributed by atoms with E-state index in [0.29, 0.717) is 31.3 Å². The van der Waals surface area contributed by atoms with Gasteiger partial charge in [0.1, 0.15) is 0 Å². The molecule has 1 unspecified atom stereocenters. The number of nitrogens with one attached hydrogen (secondary N) is 3. The molecule has 0 aromatic rings. The molecule has 1 saturated carbocycles. The maximum absolute atomic E-state index is 11.8. The van der Waals surface area contributed by atoms with Crippen LogP contribution in [0.2, 0.25) is 0 Å². The third kappa shape index (κ3) is 7.45. The minimum absolute atomic E-state index is 0. The Hall–Kier alpha value is -0.810. The first-order valence-corrected chi connectivity index (χ1v) is 8.51. The second-order valence-corrected chi connectivity index (χ2v) is 6.40. The summed E-state index contributed by atoms with van der Waals surface area (Å²) in [5, 5.41) is 9.23. The number of halogens is 1. The van der Waals surface area contributed by atoms with E-state index in [-0.39, 0.29) is 24.2 Å². The Morgan fingerprint density at radius 3 is 2.45 bits per heavy atom. The highest BCUT2D eigenvalue weighted by Crippen LogP contribution is 2.17. The normalized spacial score (nSPS) is 21.9. The van der Waals surface area contributed by atoms with Crippen molar-refractivity contribution in [2.24, 2.45) is 5.92 Å². The Morgan fingerprint density at radius 1 is 1.00 bits per heavy atom. The molecule has 1 heterocycles. The molecule has 0 radical (unpaired) electrons. The summed E-state index contributed by atoms with van der Waals surface area (Å²) in [6.45, 7) is 2.57. The average Bonchev–Trinajstić information content (AvgIpc) is 2.99. The van der Waals surface area contributed by atoms with Crippen LogP contribution in [-0.4, -0.2) is 37.5 Å². The molecule has 1 saturated heterocycles. The van der Waals surface area contributed by atoms with E-state index in [9.17, 15) is 9.59 Å². The first-order chi connectivity index (χ1) is 10.2. The third-order valence-corrected chi connectivity index (χ3v) is 4.59. The van der Waals surface area contributed by atoms with Gasteiger partial charge in [-0.3, -0.25) is 9.59 Å². The largest absolute Gasteiger partial charge is 0.356 e. The molecular weight excluding hydrogens is 302 g/mol. The molecular formula is C16H30ClN3O2. The van der Waals surface area contributed by atoms with Gasteiger partial charge in [-0.05, 0) is 44.7 Å². The lowest BCUT2D eigenvalue weighted by molar-refractivity contribution is -0.123. The van der Waals surface area contributed by atoms with Crippen molar-refractivity contribution in [3.8, 4) is 0 Å². The molecule has 2 fully saturated rings. The fourth-order valence-corrected chi connectivity index (χ4v) is 3.25. The van der Waals surface area contributed by atoms with Crippen molar-refractivity contribution in [3.05, 3.63) is 0 Å². The van der Waals surface area contributed by atoms with E-state index >= 15 is 0 Å². The SMILES string of the molecule is Cl.O=C(CCC1CCNC1)NCCC(=O)NC1CCCCC1. The summed E-state index contributed by atoms with van der Waals surface area (Å²) >= 11 is 0. The fourth-order valence-electron chi connectivity index (χ4n) is 3.25. The van der Waals surface area contributed by atoms with E-state index in [1.807, 2.05) is 0 Å². The molecule has 2 rings (SSSR count). The van der Waals surface area contributed by atoms with Crippen LogP contribution in [0.15, 0.2) is 0 Å². The van der Waals surface area contributed by atoms with Gasteiger partial charge in [-0.2, -0.15) is 0 Å². The van der Waals surface area contributed by atoms with Gasteiger partial charge in [0.25, 0.3) is 0 Å². The number of hydrogen-bond acceptors (Lipinski definition) is 3. The van der Waals surface area contributed by atoms with Gasteiger partial charge in [-0.25, -0.2) is 0 Å². The van der Waals surface area contributed by atoms with Crippen molar-refractivity contribution < 1.29 is 9.59 Å². The Kier molecular flexibility index (Phi) is 9.48. The number of amides is 2. The second kappa shape index (κ2) is 10.8. The molecule has 22 heavy (non-hydrogen) atoms. The third-order valence-electron chi connectivity index (χ3n) is 4.59. The molecule has 0 bridgehead atoms. The Balaban J connectivity index is 0.00000242. The minimum atomic E-state index is 0. The topological polar surface area (TPSA) is 70.2 Å². The lowest BCUT2D eigenvalue weighted by atomic mass is 9.95. The molecule has 5 nitrogen and oxygen atoms in total. The zero-order valence-electron chi connectivity index (χ0n) is 13.4. The molecule has 2 amide bonds. The van der Waals surface area contributed by atoms with E-state index in [4.69, 9.17) is 0 Å². The smallest absolute Gasteiger partial charge is 0.221 e. The van der Waals surface area contributed by atoms with E-state index in [2.05, 4.69) is 16.0 Å². The van der Waals surface area contributed by atoms with Gasteiger partial charge >= 0.3 is 0 Å². The van der Waals surface area contributed by atoms with Crippen molar-refractivity contribution >= 4 is 24.2 Å². The molecule has 1 aliphatic carbocycles. The Labute approximate surface area is 139 Å². The van der Waals surface area contributed by atoms with Crippen LogP contribution in [0.5, 0.6) is 0 Å². The molecule has 128 valence electrons. The van der Waals surface area contributed by atoms with Crippen molar-refractivity contribution in [2.75, 3.05) is 19.6 Å². The molecule has 0 aromatic heterocycles. The van der Waals surface area contributed by atoms with Crippen molar-refractivity contribution in [1.82, 2.24) is 16.0 Å². The zero-order chi connectivity index (χ0) is 14.9. The van der Waals surface area contributed by atoms with Crippen LogP contribution in [0, 0.1) is 5.92 Å². The predicted molar refractivity (Wildman–Crippen MR) is 90.1 cm³/mol. The van der Waals surface area contributed by atoms with Gasteiger partial charge in [0, 0.05) is 25.4 Å². The van der Waals surface area contributed by atoms with Crippen LogP contribution >= 0.6 is 12.4 Å². The summed E-state index contributed by atoms with van der Waals surface area (Å²) in [6, 6.07) is 0.358. The maximum Gasteiger partial charge on any atom is 0.221 e. The van der Waals surface area contributed by atoms with Crippen molar-refractivity contribution in [3.63, 3.8) is 0 Å². The van der Waals surface area contributed by atoms with Crippen LogP contribution in [0.4, 0.5) is 0 Å². The lowest BCUT2D eigenvalue weighted by Crippen LogP contribution is -2.38. The van der Waals surface area contributed by atoms with Gasteiger partial charge in [0.05, 0.1) is 0 Å². The van der Waals surface area contributed by atoms with Crippen LogP contribution in [0.25, 0.3) is 0 Å². The summed E-state index contributed by atoms with van der Waals surface area (Å²) in [4.78, 5) is 23.5. The first-order valence-electron chi connectivity index (χ1n) is 8.51. The summed E-state index contributed by atoms with van der Waals surface area (Å²) in [5.74, 6) is 0.792. The molecule has 0 spiro atoms. The van der Waals surface area contributed by atoms with Gasteiger partial charge in [-0.1, -0.05) is 19.3 Å². The highest BCUT2D eigenvalue weighted by atomic mass is 35.5. The van der Waals surface area contributed by atoms with Crippen molar-refractivity contribution in [1.29, 1.82) is 0 Å². The molecule has 2 aliphatic rings. The van der Waals surface area contributed by atoms with Crippen LogP contribution in [0.3, 0.4) is 0 Å². The number of hydrogen-bond donors (Lipinski definition) is 3. The summed E-state index contributed by atoms with van der Waals surface area (Å²) in [7, 11) is 0. The monoisotopic (exact) mass is 331 g/mol. The van der Waals surface area contributed by atoms with E-state index in [1.165, 1.54) is 25.7 Å². The Morgan fingerprint density at radius 2 is 1.77 bits per heavy atom. The number of rotatable bonds is 7. The summed E-state index contributed by atoms with van der Waals surface area (Å²) in [6.07, 6.45) is 9.05. The van der Waals surface area contributed by atoms with Crippen LogP contribution in [0.1, 0.15) is 57.8 Å². The molecule has 1 atom stereocenters.